The van der Waals surface area contributed by atoms with Crippen LogP contribution in [0.4, 0.5) is 0 Å². The average molecular weight is 276 g/mol. The van der Waals surface area contributed by atoms with Gasteiger partial charge < -0.3 is 19.7 Å². The van der Waals surface area contributed by atoms with Gasteiger partial charge >= 0.3 is 0 Å². The Morgan fingerprint density at radius 1 is 1.15 bits per heavy atom. The van der Waals surface area contributed by atoms with Gasteiger partial charge in [0.25, 0.3) is 0 Å². The summed E-state index contributed by atoms with van der Waals surface area (Å²) in [6.07, 6.45) is 2.24. The lowest BCUT2D eigenvalue weighted by molar-refractivity contribution is 0.150. The summed E-state index contributed by atoms with van der Waals surface area (Å²) in [5.41, 5.74) is 2.55. The summed E-state index contributed by atoms with van der Waals surface area (Å²) < 4.78 is 10.3. The summed E-state index contributed by atoms with van der Waals surface area (Å²) in [4.78, 5) is 0. The predicted molar refractivity (Wildman–Crippen MR) is 75.2 cm³/mol. The van der Waals surface area contributed by atoms with Crippen molar-refractivity contribution in [3.8, 4) is 0 Å². The van der Waals surface area contributed by atoms with Crippen molar-refractivity contribution in [2.45, 2.75) is 37.3 Å². The Kier molecular flexibility index (Phi) is 3.89. The van der Waals surface area contributed by atoms with Crippen LogP contribution < -0.4 is 0 Å². The Labute approximate surface area is 118 Å². The number of hydrogen-bond donors (Lipinski definition) is 2. The number of epoxide rings is 2. The number of aliphatic hydroxyl groups is 2. The molecule has 1 aromatic rings. The normalized spacial score (nSPS) is 26.9. The van der Waals surface area contributed by atoms with Gasteiger partial charge in [0.15, 0.2) is 0 Å². The van der Waals surface area contributed by atoms with Crippen molar-refractivity contribution in [2.75, 3.05) is 13.2 Å². The van der Waals surface area contributed by atoms with Gasteiger partial charge in [-0.25, -0.2) is 0 Å². The predicted octanol–water partition coefficient (Wildman–Crippen LogP) is 1.97. The van der Waals surface area contributed by atoms with Crippen LogP contribution in [0.1, 0.15) is 41.7 Å². The van der Waals surface area contributed by atoms with Crippen LogP contribution in [-0.2, 0) is 9.47 Å². The standard InChI is InChI=1S/C16H20O4/c1-2-10-5-11(15(17)6-12-8-19-12)3-4-14(10)16(18)7-13-9-20-13/h2-5,12-13,15-18H,1,6-9H2. The molecule has 4 atom stereocenters. The zero-order valence-electron chi connectivity index (χ0n) is 11.4. The summed E-state index contributed by atoms with van der Waals surface area (Å²) >= 11 is 0. The first-order valence-electron chi connectivity index (χ1n) is 7.03. The third-order valence-electron chi connectivity index (χ3n) is 3.85. The average Bonchev–Trinajstić information content (AvgIpc) is 3.34. The molecule has 4 heteroatoms. The number of ether oxygens (including phenoxy) is 2. The molecule has 108 valence electrons. The van der Waals surface area contributed by atoms with Gasteiger partial charge in [-0.3, -0.25) is 0 Å². The molecule has 0 radical (unpaired) electrons. The van der Waals surface area contributed by atoms with Crippen LogP contribution in [0.5, 0.6) is 0 Å². The second-order valence-corrected chi connectivity index (χ2v) is 5.51. The highest BCUT2D eigenvalue weighted by Gasteiger charge is 2.28. The zero-order valence-corrected chi connectivity index (χ0v) is 11.4. The van der Waals surface area contributed by atoms with E-state index < -0.39 is 12.2 Å². The first-order chi connectivity index (χ1) is 9.67. The van der Waals surface area contributed by atoms with Crippen LogP contribution in [0.15, 0.2) is 24.8 Å². The quantitative estimate of drug-likeness (QED) is 0.747. The van der Waals surface area contributed by atoms with Crippen molar-refractivity contribution in [1.29, 1.82) is 0 Å². The third kappa shape index (κ3) is 3.27. The van der Waals surface area contributed by atoms with Crippen molar-refractivity contribution in [2.24, 2.45) is 0 Å². The number of hydrogen-bond acceptors (Lipinski definition) is 4. The maximum atomic E-state index is 10.2. The second-order valence-electron chi connectivity index (χ2n) is 5.51. The van der Waals surface area contributed by atoms with Crippen molar-refractivity contribution < 1.29 is 19.7 Å². The number of rotatable bonds is 7. The monoisotopic (exact) mass is 276 g/mol. The maximum Gasteiger partial charge on any atom is 0.0837 e. The zero-order chi connectivity index (χ0) is 14.1. The van der Waals surface area contributed by atoms with Crippen LogP contribution in [0.2, 0.25) is 0 Å². The fourth-order valence-corrected chi connectivity index (χ4v) is 2.45. The van der Waals surface area contributed by atoms with E-state index in [1.165, 1.54) is 0 Å². The fraction of sp³-hybridized carbons (Fsp3) is 0.500. The van der Waals surface area contributed by atoms with Crippen molar-refractivity contribution in [3.63, 3.8) is 0 Å². The van der Waals surface area contributed by atoms with E-state index in [2.05, 4.69) is 6.58 Å². The van der Waals surface area contributed by atoms with Crippen LogP contribution in [-0.4, -0.2) is 35.6 Å². The lowest BCUT2D eigenvalue weighted by Gasteiger charge is -2.16. The Bertz CT molecular complexity index is 491. The van der Waals surface area contributed by atoms with Gasteiger partial charge in [-0.1, -0.05) is 24.8 Å². The van der Waals surface area contributed by atoms with Gasteiger partial charge in [0, 0.05) is 12.8 Å². The number of benzene rings is 1. The van der Waals surface area contributed by atoms with Crippen LogP contribution in [0.3, 0.4) is 0 Å². The molecule has 3 rings (SSSR count). The Morgan fingerprint density at radius 3 is 2.30 bits per heavy atom. The van der Waals surface area contributed by atoms with Gasteiger partial charge in [-0.2, -0.15) is 0 Å². The molecule has 0 spiro atoms. The van der Waals surface area contributed by atoms with E-state index in [9.17, 15) is 10.2 Å². The van der Waals surface area contributed by atoms with Crippen LogP contribution >= 0.6 is 0 Å². The molecule has 0 amide bonds. The summed E-state index contributed by atoms with van der Waals surface area (Å²) in [6.45, 7) is 5.27. The highest BCUT2D eigenvalue weighted by Crippen LogP contribution is 2.31. The minimum absolute atomic E-state index is 0.181. The molecule has 2 saturated heterocycles. The minimum atomic E-state index is -0.548. The molecule has 1 aromatic carbocycles. The van der Waals surface area contributed by atoms with E-state index in [4.69, 9.17) is 9.47 Å². The van der Waals surface area contributed by atoms with E-state index in [0.29, 0.717) is 12.8 Å². The van der Waals surface area contributed by atoms with E-state index in [-0.39, 0.29) is 12.2 Å². The summed E-state index contributed by atoms with van der Waals surface area (Å²) in [5.74, 6) is 0. The molecule has 2 heterocycles. The van der Waals surface area contributed by atoms with Gasteiger partial charge in [0.05, 0.1) is 37.6 Å². The van der Waals surface area contributed by atoms with E-state index >= 15 is 0 Å². The smallest absolute Gasteiger partial charge is 0.0837 e. The summed E-state index contributed by atoms with van der Waals surface area (Å²) in [5, 5.41) is 20.4. The molecule has 0 bridgehead atoms. The molecule has 0 aliphatic carbocycles. The topological polar surface area (TPSA) is 65.5 Å². The number of aliphatic hydroxyl groups excluding tert-OH is 2. The molecule has 20 heavy (non-hydrogen) atoms. The SMILES string of the molecule is C=Cc1cc(C(O)CC2CO2)ccc1C(O)CC1CO1. The maximum absolute atomic E-state index is 10.2. The molecule has 0 saturated carbocycles. The van der Waals surface area contributed by atoms with Gasteiger partial charge in [-0.15, -0.1) is 0 Å². The van der Waals surface area contributed by atoms with E-state index in [0.717, 1.165) is 29.9 Å². The lowest BCUT2D eigenvalue weighted by atomic mass is 9.94. The van der Waals surface area contributed by atoms with Crippen LogP contribution in [0.25, 0.3) is 6.08 Å². The molecule has 0 aromatic heterocycles. The molecule has 2 aliphatic heterocycles. The molecule has 2 fully saturated rings. The first-order valence-corrected chi connectivity index (χ1v) is 7.03. The fourth-order valence-electron chi connectivity index (χ4n) is 2.45. The van der Waals surface area contributed by atoms with Gasteiger partial charge in [0.1, 0.15) is 0 Å². The highest BCUT2D eigenvalue weighted by molar-refractivity contribution is 5.54. The van der Waals surface area contributed by atoms with E-state index in [1.807, 2.05) is 18.2 Å². The van der Waals surface area contributed by atoms with Crippen molar-refractivity contribution in [3.05, 3.63) is 41.5 Å². The molecule has 2 aliphatic rings. The summed E-state index contributed by atoms with van der Waals surface area (Å²) in [6, 6.07) is 5.63. The Morgan fingerprint density at radius 2 is 1.75 bits per heavy atom. The molecular formula is C16H20O4. The Balaban J connectivity index is 1.75. The van der Waals surface area contributed by atoms with Crippen LogP contribution in [0, 0.1) is 0 Å². The highest BCUT2D eigenvalue weighted by atomic mass is 16.6. The molecule has 4 unspecified atom stereocenters. The van der Waals surface area contributed by atoms with E-state index in [1.54, 1.807) is 6.08 Å². The Hall–Kier alpha value is -1.20. The molecule has 4 nitrogen and oxygen atoms in total. The second kappa shape index (κ2) is 5.66. The first kappa shape index (κ1) is 13.8. The molecule has 2 N–H and O–H groups in total. The third-order valence-corrected chi connectivity index (χ3v) is 3.85. The lowest BCUT2D eigenvalue weighted by Crippen LogP contribution is -2.06. The van der Waals surface area contributed by atoms with Crippen molar-refractivity contribution >= 4 is 6.08 Å². The molecular weight excluding hydrogens is 256 g/mol. The van der Waals surface area contributed by atoms with Gasteiger partial charge in [0.2, 0.25) is 0 Å². The largest absolute Gasteiger partial charge is 0.388 e. The summed E-state index contributed by atoms with van der Waals surface area (Å²) in [7, 11) is 0. The van der Waals surface area contributed by atoms with Gasteiger partial charge in [-0.05, 0) is 22.8 Å². The van der Waals surface area contributed by atoms with Crippen molar-refractivity contribution in [1.82, 2.24) is 0 Å². The minimum Gasteiger partial charge on any atom is -0.388 e.